The molecule has 4 aromatic carbocycles. The summed E-state index contributed by atoms with van der Waals surface area (Å²) < 4.78 is 19.9. The number of halogens is 1. The van der Waals surface area contributed by atoms with Gasteiger partial charge >= 0.3 is 5.97 Å². The molecule has 2 heterocycles. The number of hydrogen-bond donors (Lipinski definition) is 0. The molecule has 1 aromatic heterocycles. The van der Waals surface area contributed by atoms with Crippen LogP contribution in [0.15, 0.2) is 104 Å². The van der Waals surface area contributed by atoms with E-state index in [1.165, 1.54) is 23.5 Å². The molecule has 0 fully saturated rings. The Morgan fingerprint density at radius 3 is 2.53 bits per heavy atom. The van der Waals surface area contributed by atoms with Crippen LogP contribution in [0.2, 0.25) is 0 Å². The average Bonchev–Trinajstić information content (AvgIpc) is 3.37. The lowest BCUT2D eigenvalue weighted by molar-refractivity contribution is -0.384. The first-order valence-electron chi connectivity index (χ1n) is 14.6. The molecule has 0 aliphatic carbocycles. The second kappa shape index (κ2) is 13.3. The molecule has 6 rings (SSSR count). The lowest BCUT2D eigenvalue weighted by atomic mass is 9.90. The number of esters is 1. The van der Waals surface area contributed by atoms with Crippen molar-refractivity contribution < 1.29 is 23.9 Å². The smallest absolute Gasteiger partial charge is 0.338 e. The Labute approximate surface area is 281 Å². The third-order valence-corrected chi connectivity index (χ3v) is 9.34. The van der Waals surface area contributed by atoms with Gasteiger partial charge < -0.3 is 14.2 Å². The number of thiazole rings is 1. The number of carbonyl (C=O) groups is 1. The Hall–Kier alpha value is -5.07. The molecule has 47 heavy (non-hydrogen) atoms. The van der Waals surface area contributed by atoms with Crippen LogP contribution in [0.1, 0.15) is 36.6 Å². The van der Waals surface area contributed by atoms with E-state index in [9.17, 15) is 19.7 Å². The molecule has 1 atom stereocenters. The van der Waals surface area contributed by atoms with Gasteiger partial charge in [0.25, 0.3) is 11.2 Å². The number of fused-ring (bicyclic) bond motifs is 2. The zero-order valence-corrected chi connectivity index (χ0v) is 28.0. The second-order valence-corrected chi connectivity index (χ2v) is 12.5. The summed E-state index contributed by atoms with van der Waals surface area (Å²) in [5.41, 5.74) is 2.64. The zero-order valence-electron chi connectivity index (χ0n) is 25.6. The van der Waals surface area contributed by atoms with Crippen molar-refractivity contribution in [2.24, 2.45) is 4.99 Å². The maximum absolute atomic E-state index is 14.2. The molecule has 0 N–H and O–H groups in total. The van der Waals surface area contributed by atoms with Crippen molar-refractivity contribution in [2.45, 2.75) is 26.5 Å². The van der Waals surface area contributed by atoms with E-state index in [1.807, 2.05) is 48.5 Å². The highest BCUT2D eigenvalue weighted by Gasteiger charge is 2.36. The summed E-state index contributed by atoms with van der Waals surface area (Å²) >= 11 is 4.79. The number of ether oxygens (including phenoxy) is 3. The first-order valence-corrected chi connectivity index (χ1v) is 16.2. The Morgan fingerprint density at radius 1 is 1.09 bits per heavy atom. The predicted molar refractivity (Wildman–Crippen MR) is 182 cm³/mol. The first kappa shape index (κ1) is 31.9. The summed E-state index contributed by atoms with van der Waals surface area (Å²) in [6, 6.07) is 22.3. The molecule has 1 aliphatic rings. The van der Waals surface area contributed by atoms with Crippen molar-refractivity contribution in [3.8, 4) is 11.5 Å². The number of allylic oxidation sites excluding steroid dienone is 1. The number of methoxy groups -OCH3 is 1. The largest absolute Gasteiger partial charge is 0.496 e. The van der Waals surface area contributed by atoms with Gasteiger partial charge in [0.2, 0.25) is 0 Å². The number of hydrogen-bond acceptors (Lipinski definition) is 9. The van der Waals surface area contributed by atoms with Crippen LogP contribution < -0.4 is 24.4 Å². The molecule has 0 radical (unpaired) electrons. The highest BCUT2D eigenvalue weighted by Crippen LogP contribution is 2.40. The van der Waals surface area contributed by atoms with Crippen molar-refractivity contribution in [1.29, 1.82) is 0 Å². The molecule has 5 aromatic rings. The van der Waals surface area contributed by atoms with Crippen molar-refractivity contribution in [2.75, 3.05) is 13.7 Å². The van der Waals surface area contributed by atoms with Gasteiger partial charge in [-0.25, -0.2) is 9.79 Å². The van der Waals surface area contributed by atoms with E-state index in [4.69, 9.17) is 19.2 Å². The molecule has 238 valence electrons. The number of nitro groups is 1. The van der Waals surface area contributed by atoms with Gasteiger partial charge in [0.05, 0.1) is 38.9 Å². The molecular formula is C35H28BrN3O7S. The van der Waals surface area contributed by atoms with Crippen LogP contribution in [-0.4, -0.2) is 29.2 Å². The summed E-state index contributed by atoms with van der Waals surface area (Å²) in [5, 5.41) is 12.7. The summed E-state index contributed by atoms with van der Waals surface area (Å²) in [6.45, 7) is 3.87. The predicted octanol–water partition coefficient (Wildman–Crippen LogP) is 6.21. The van der Waals surface area contributed by atoms with Gasteiger partial charge in [0.1, 0.15) is 24.1 Å². The average molecular weight is 715 g/mol. The van der Waals surface area contributed by atoms with Crippen molar-refractivity contribution in [3.63, 3.8) is 0 Å². The van der Waals surface area contributed by atoms with Crippen LogP contribution in [0.4, 0.5) is 5.69 Å². The minimum atomic E-state index is -0.838. The molecule has 0 saturated heterocycles. The topological polar surface area (TPSA) is 122 Å². The fraction of sp³-hybridized carbons (Fsp3) is 0.171. The second-order valence-electron chi connectivity index (χ2n) is 10.6. The van der Waals surface area contributed by atoms with Crippen molar-refractivity contribution in [3.05, 3.63) is 141 Å². The van der Waals surface area contributed by atoms with Gasteiger partial charge in [-0.1, -0.05) is 47.7 Å². The van der Waals surface area contributed by atoms with Gasteiger partial charge in [-0.15, -0.1) is 0 Å². The molecule has 1 aliphatic heterocycles. The van der Waals surface area contributed by atoms with Gasteiger partial charge in [0, 0.05) is 17.7 Å². The van der Waals surface area contributed by atoms with Gasteiger partial charge in [-0.2, -0.15) is 0 Å². The van der Waals surface area contributed by atoms with Crippen molar-refractivity contribution >= 4 is 55.8 Å². The van der Waals surface area contributed by atoms with E-state index in [2.05, 4.69) is 15.9 Å². The summed E-state index contributed by atoms with van der Waals surface area (Å²) in [7, 11) is 1.56. The fourth-order valence-electron chi connectivity index (χ4n) is 5.55. The van der Waals surface area contributed by atoms with E-state index in [1.54, 1.807) is 49.8 Å². The quantitative estimate of drug-likeness (QED) is 0.101. The summed E-state index contributed by atoms with van der Waals surface area (Å²) in [4.78, 5) is 43.3. The highest BCUT2D eigenvalue weighted by molar-refractivity contribution is 9.10. The van der Waals surface area contributed by atoms with Crippen LogP contribution in [0.3, 0.4) is 0 Å². The number of aromatic nitrogens is 1. The lowest BCUT2D eigenvalue weighted by Gasteiger charge is -2.27. The van der Waals surface area contributed by atoms with E-state index in [0.717, 1.165) is 21.9 Å². The Kier molecular flexibility index (Phi) is 9.06. The Balaban J connectivity index is 1.41. The van der Waals surface area contributed by atoms with Gasteiger partial charge in [-0.3, -0.25) is 19.5 Å². The van der Waals surface area contributed by atoms with Gasteiger partial charge in [0.15, 0.2) is 4.80 Å². The van der Waals surface area contributed by atoms with Gasteiger partial charge in [-0.05, 0) is 88.1 Å². The number of nitro benzene ring substituents is 1. The number of nitrogens with zero attached hydrogens (tertiary/aromatic N) is 3. The molecule has 12 heteroatoms. The number of benzene rings is 4. The third-order valence-electron chi connectivity index (χ3n) is 7.74. The molecule has 0 spiro atoms. The zero-order chi connectivity index (χ0) is 33.2. The highest BCUT2D eigenvalue weighted by atomic mass is 79.9. The van der Waals surface area contributed by atoms with Crippen molar-refractivity contribution in [1.82, 2.24) is 4.57 Å². The Morgan fingerprint density at radius 2 is 1.83 bits per heavy atom. The Bertz CT molecular complexity index is 2260. The van der Waals surface area contributed by atoms with Crippen LogP contribution in [0.5, 0.6) is 11.5 Å². The molecule has 10 nitrogen and oxygen atoms in total. The molecule has 0 saturated carbocycles. The molecule has 0 bridgehead atoms. The van der Waals surface area contributed by atoms with Crippen LogP contribution in [-0.2, 0) is 16.1 Å². The molecular weight excluding hydrogens is 686 g/mol. The van der Waals surface area contributed by atoms with E-state index in [0.29, 0.717) is 36.6 Å². The number of rotatable bonds is 9. The first-order chi connectivity index (χ1) is 22.7. The van der Waals surface area contributed by atoms with Crippen LogP contribution in [0, 0.1) is 10.1 Å². The minimum Gasteiger partial charge on any atom is -0.496 e. The third kappa shape index (κ3) is 6.21. The summed E-state index contributed by atoms with van der Waals surface area (Å²) in [6.07, 6.45) is 1.77. The summed E-state index contributed by atoms with van der Waals surface area (Å²) in [5.74, 6) is 0.559. The van der Waals surface area contributed by atoms with E-state index < -0.39 is 16.9 Å². The fourth-order valence-corrected chi connectivity index (χ4v) is 7.11. The molecule has 0 amide bonds. The normalized spacial score (nSPS) is 14.5. The maximum atomic E-state index is 14.2. The number of carbonyl (C=O) groups excluding carboxylic acids is 1. The lowest BCUT2D eigenvalue weighted by Crippen LogP contribution is -2.40. The molecule has 0 unspecified atom stereocenters. The van der Waals surface area contributed by atoms with Crippen LogP contribution >= 0.6 is 27.3 Å². The maximum Gasteiger partial charge on any atom is 0.338 e. The van der Waals surface area contributed by atoms with E-state index in [-0.39, 0.29) is 30.0 Å². The standard InChI is InChI=1S/C35H28BrN3O7S/c1-4-45-34(41)30-20(2)37-35-38(32(30)31-25-8-6-5-7-23(25)12-16-28(31)44-3)33(40)29(47-35)18-22-11-15-27(26(36)17-22)46-19-21-9-13-24(14-10-21)39(42)43/h5-18,32H,4,19H2,1-3H3/b29-18-/t32-/m1/s1. The van der Waals surface area contributed by atoms with Crippen LogP contribution in [0.25, 0.3) is 16.8 Å². The number of non-ortho nitro benzene ring substituents is 1. The monoisotopic (exact) mass is 713 g/mol. The SMILES string of the molecule is CCOC(=O)C1=C(C)N=c2s/c(=C\c3ccc(OCc4ccc([N+](=O)[O-])cc4)c(Br)c3)c(=O)n2[C@H]1c1c(OC)ccc2ccccc12. The minimum absolute atomic E-state index is 0.0134. The van der Waals surface area contributed by atoms with E-state index >= 15 is 0 Å².